The minimum Gasteiger partial charge on any atom is -0.497 e. The Hall–Kier alpha value is -3.64. The fourth-order valence-electron chi connectivity index (χ4n) is 2.45. The van der Waals surface area contributed by atoms with Crippen molar-refractivity contribution in [1.82, 2.24) is 15.5 Å². The molecule has 0 saturated carbocycles. The van der Waals surface area contributed by atoms with Crippen LogP contribution in [0.3, 0.4) is 0 Å². The normalized spacial score (nSPS) is 10.2. The third-order valence-electron chi connectivity index (χ3n) is 3.77. The molecule has 2 aromatic carbocycles. The summed E-state index contributed by atoms with van der Waals surface area (Å²) < 4.78 is 5.62. The van der Waals surface area contributed by atoms with Gasteiger partial charge in [-0.2, -0.15) is 0 Å². The number of nitrogens with zero attached hydrogens (tertiary/aromatic N) is 2. The molecule has 0 unspecified atom stereocenters. The van der Waals surface area contributed by atoms with E-state index in [-0.39, 0.29) is 11.7 Å². The highest BCUT2D eigenvalue weighted by Crippen LogP contribution is 2.28. The lowest BCUT2D eigenvalue weighted by molar-refractivity contribution is -0.117. The van der Waals surface area contributed by atoms with Crippen molar-refractivity contribution in [2.75, 3.05) is 28.8 Å². The van der Waals surface area contributed by atoms with Gasteiger partial charge in [0.2, 0.25) is 16.9 Å². The van der Waals surface area contributed by atoms with Crippen LogP contribution in [0.4, 0.5) is 27.0 Å². The van der Waals surface area contributed by atoms with Crippen LogP contribution in [-0.4, -0.2) is 40.9 Å². The summed E-state index contributed by atoms with van der Waals surface area (Å²) >= 11 is 2.43. The molecule has 0 aliphatic heterocycles. The number of urea groups is 1. The van der Waals surface area contributed by atoms with Crippen molar-refractivity contribution in [2.24, 2.45) is 0 Å². The van der Waals surface area contributed by atoms with Gasteiger partial charge >= 0.3 is 6.03 Å². The van der Waals surface area contributed by atoms with Crippen LogP contribution in [0.25, 0.3) is 0 Å². The lowest BCUT2D eigenvalue weighted by atomic mass is 10.3. The Labute approximate surface area is 192 Å². The smallest absolute Gasteiger partial charge is 0.325 e. The lowest BCUT2D eigenvalue weighted by Gasteiger charge is -2.07. The minimum absolute atomic E-state index is 0.00266. The van der Waals surface area contributed by atoms with E-state index in [1.807, 2.05) is 6.07 Å². The number of benzene rings is 2. The van der Waals surface area contributed by atoms with Crippen molar-refractivity contribution in [1.29, 1.82) is 0 Å². The van der Waals surface area contributed by atoms with Gasteiger partial charge in [0.05, 0.1) is 12.9 Å². The molecule has 4 N–H and O–H groups in total. The monoisotopic (exact) mass is 472 g/mol. The fraction of sp³-hybridized carbons (Fsp3) is 0.150. The number of ether oxygens (including phenoxy) is 1. The number of imide groups is 1. The molecule has 3 aromatic rings. The quantitative estimate of drug-likeness (QED) is 0.365. The Kier molecular flexibility index (Phi) is 8.00. The molecule has 1 heterocycles. The van der Waals surface area contributed by atoms with E-state index in [4.69, 9.17) is 4.74 Å². The summed E-state index contributed by atoms with van der Waals surface area (Å²) in [5, 5.41) is 19.2. The van der Waals surface area contributed by atoms with Gasteiger partial charge in [0.25, 0.3) is 0 Å². The second-order valence-corrected chi connectivity index (χ2v) is 8.48. The molecule has 0 aliphatic carbocycles. The molecule has 3 rings (SSSR count). The number of aromatic nitrogens is 2. The maximum atomic E-state index is 12.0. The van der Waals surface area contributed by atoms with Gasteiger partial charge in [-0.25, -0.2) is 4.79 Å². The number of nitrogens with one attached hydrogen (secondary N) is 4. The standard InChI is InChI=1S/C20H20N6O4S2/c1-12(27)21-14-4-3-5-15(10-14)23-19-25-26-20(32-19)31-11-17(28)24-18(29)22-13-6-8-16(30-2)9-7-13/h3-10H,11H2,1-2H3,(H,21,27)(H,23,25)(H2,22,24,28,29). The predicted octanol–water partition coefficient (Wildman–Crippen LogP) is 3.69. The summed E-state index contributed by atoms with van der Waals surface area (Å²) in [4.78, 5) is 35.2. The van der Waals surface area contributed by atoms with Crippen LogP contribution in [0.5, 0.6) is 5.75 Å². The molecule has 4 amide bonds. The van der Waals surface area contributed by atoms with E-state index < -0.39 is 11.9 Å². The first-order valence-corrected chi connectivity index (χ1v) is 11.1. The van der Waals surface area contributed by atoms with E-state index in [1.54, 1.807) is 49.6 Å². The molecular weight excluding hydrogens is 452 g/mol. The van der Waals surface area contributed by atoms with Crippen molar-refractivity contribution in [3.05, 3.63) is 48.5 Å². The SMILES string of the molecule is COc1ccc(NC(=O)NC(=O)CSc2nnc(Nc3cccc(NC(C)=O)c3)s2)cc1. The zero-order chi connectivity index (χ0) is 22.9. The lowest BCUT2D eigenvalue weighted by Crippen LogP contribution is -2.35. The summed E-state index contributed by atoms with van der Waals surface area (Å²) in [6, 6.07) is 13.3. The molecule has 1 aromatic heterocycles. The maximum Gasteiger partial charge on any atom is 0.325 e. The van der Waals surface area contributed by atoms with E-state index >= 15 is 0 Å². The molecule has 0 radical (unpaired) electrons. The van der Waals surface area contributed by atoms with Crippen molar-refractivity contribution in [2.45, 2.75) is 11.3 Å². The Morgan fingerprint density at radius 3 is 2.47 bits per heavy atom. The number of carbonyl (C=O) groups excluding carboxylic acids is 3. The largest absolute Gasteiger partial charge is 0.497 e. The Bertz CT molecular complexity index is 1100. The number of carbonyl (C=O) groups is 3. The van der Waals surface area contributed by atoms with Crippen LogP contribution < -0.4 is 26.0 Å². The number of methoxy groups -OCH3 is 1. The van der Waals surface area contributed by atoms with Crippen LogP contribution in [0.2, 0.25) is 0 Å². The minimum atomic E-state index is -0.626. The zero-order valence-electron chi connectivity index (χ0n) is 17.2. The van der Waals surface area contributed by atoms with Crippen LogP contribution in [0, 0.1) is 0 Å². The van der Waals surface area contributed by atoms with Crippen molar-refractivity contribution in [3.8, 4) is 5.75 Å². The first-order valence-electron chi connectivity index (χ1n) is 9.27. The first kappa shape index (κ1) is 23.0. The summed E-state index contributed by atoms with van der Waals surface area (Å²) in [6.45, 7) is 1.44. The van der Waals surface area contributed by atoms with Gasteiger partial charge in [0.1, 0.15) is 5.75 Å². The Balaban J connectivity index is 1.45. The third-order valence-corrected chi connectivity index (χ3v) is 5.74. The number of amides is 4. The van der Waals surface area contributed by atoms with Crippen LogP contribution in [0.15, 0.2) is 52.9 Å². The summed E-state index contributed by atoms with van der Waals surface area (Å²) in [7, 11) is 1.55. The number of hydrogen-bond donors (Lipinski definition) is 4. The molecule has 0 saturated heterocycles. The van der Waals surface area contributed by atoms with E-state index in [1.165, 1.54) is 18.3 Å². The van der Waals surface area contributed by atoms with Crippen molar-refractivity contribution >= 4 is 63.1 Å². The molecule has 0 aliphatic rings. The molecule has 0 spiro atoms. The van der Waals surface area contributed by atoms with Gasteiger partial charge in [0, 0.05) is 24.0 Å². The van der Waals surface area contributed by atoms with Crippen LogP contribution in [-0.2, 0) is 9.59 Å². The summed E-state index contributed by atoms with van der Waals surface area (Å²) in [6.07, 6.45) is 0. The summed E-state index contributed by atoms with van der Waals surface area (Å²) in [5.41, 5.74) is 1.93. The summed E-state index contributed by atoms with van der Waals surface area (Å²) in [5.74, 6) is 0.0408. The average molecular weight is 473 g/mol. The van der Waals surface area contributed by atoms with Crippen molar-refractivity contribution in [3.63, 3.8) is 0 Å². The number of thioether (sulfide) groups is 1. The second-order valence-electron chi connectivity index (χ2n) is 6.28. The van der Waals surface area contributed by atoms with Gasteiger partial charge < -0.3 is 20.7 Å². The molecule has 0 fully saturated rings. The Morgan fingerprint density at radius 2 is 1.75 bits per heavy atom. The first-order chi connectivity index (χ1) is 15.4. The van der Waals surface area contributed by atoms with Gasteiger partial charge in [-0.1, -0.05) is 29.2 Å². The highest BCUT2D eigenvalue weighted by atomic mass is 32.2. The molecule has 32 heavy (non-hydrogen) atoms. The maximum absolute atomic E-state index is 12.0. The van der Waals surface area contributed by atoms with Gasteiger partial charge in [-0.3, -0.25) is 14.9 Å². The molecule has 0 bridgehead atoms. The molecular formula is C20H20N6O4S2. The molecule has 0 atom stereocenters. The van der Waals surface area contributed by atoms with Crippen molar-refractivity contribution < 1.29 is 19.1 Å². The number of hydrogen-bond acceptors (Lipinski definition) is 9. The molecule has 10 nitrogen and oxygen atoms in total. The predicted molar refractivity (Wildman–Crippen MR) is 125 cm³/mol. The van der Waals surface area contributed by atoms with Crippen LogP contribution >= 0.6 is 23.1 Å². The molecule has 12 heteroatoms. The third kappa shape index (κ3) is 7.25. The zero-order valence-corrected chi connectivity index (χ0v) is 18.8. The van der Waals surface area contributed by atoms with Crippen LogP contribution in [0.1, 0.15) is 6.92 Å². The average Bonchev–Trinajstić information content (AvgIpc) is 3.20. The van der Waals surface area contributed by atoms with Gasteiger partial charge in [0.15, 0.2) is 4.34 Å². The topological polar surface area (TPSA) is 134 Å². The number of anilines is 4. The van der Waals surface area contributed by atoms with Gasteiger partial charge in [-0.15, -0.1) is 10.2 Å². The highest BCUT2D eigenvalue weighted by Gasteiger charge is 2.12. The van der Waals surface area contributed by atoms with E-state index in [0.29, 0.717) is 26.6 Å². The van der Waals surface area contributed by atoms with E-state index in [2.05, 4.69) is 31.5 Å². The van der Waals surface area contributed by atoms with E-state index in [0.717, 1.165) is 17.4 Å². The molecule has 166 valence electrons. The Morgan fingerprint density at radius 1 is 1.00 bits per heavy atom. The highest BCUT2D eigenvalue weighted by molar-refractivity contribution is 8.01. The second kappa shape index (κ2) is 11.1. The van der Waals surface area contributed by atoms with E-state index in [9.17, 15) is 14.4 Å². The van der Waals surface area contributed by atoms with Gasteiger partial charge in [-0.05, 0) is 42.5 Å². The fourth-order valence-corrected chi connectivity index (χ4v) is 4.02. The number of rotatable bonds is 8.